The van der Waals surface area contributed by atoms with Crippen LogP contribution in [0.5, 0.6) is 0 Å². The van der Waals surface area contributed by atoms with E-state index in [1.807, 2.05) is 12.1 Å². The lowest BCUT2D eigenvalue weighted by molar-refractivity contribution is 0.648. The molecule has 0 aliphatic carbocycles. The average Bonchev–Trinajstić information content (AvgIpc) is 2.56. The minimum atomic E-state index is 0. The predicted octanol–water partition coefficient (Wildman–Crippen LogP) is 2.54. The Balaban J connectivity index is 0.000000845. The summed E-state index contributed by atoms with van der Waals surface area (Å²) in [6, 6.07) is 8.68. The Hall–Kier alpha value is -0.440. The fraction of sp³-hybridized carbons (Fsp3) is 0.400. The lowest BCUT2D eigenvalue weighted by Gasteiger charge is -2.10. The minimum Gasteiger partial charge on any atom is -0.399 e. The molecule has 1 fully saturated rings. The van der Waals surface area contributed by atoms with Gasteiger partial charge in [-0.3, -0.25) is 0 Å². The zero-order valence-corrected chi connectivity index (χ0v) is 9.53. The van der Waals surface area contributed by atoms with Crippen molar-refractivity contribution >= 4 is 30.5 Å². The van der Waals surface area contributed by atoms with Crippen molar-refractivity contribution < 1.29 is 0 Å². The normalized spacial score (nSPS) is 19.6. The van der Waals surface area contributed by atoms with Gasteiger partial charge in [0.1, 0.15) is 0 Å². The van der Waals surface area contributed by atoms with Crippen molar-refractivity contribution in [3.63, 3.8) is 0 Å². The molecule has 0 amide bonds. The van der Waals surface area contributed by atoms with Gasteiger partial charge in [0.2, 0.25) is 0 Å². The molecule has 1 aliphatic heterocycles. The first-order valence-electron chi connectivity index (χ1n) is 4.45. The van der Waals surface area contributed by atoms with Crippen LogP contribution in [0.2, 0.25) is 0 Å². The SMILES string of the molecule is Cl.Cl.Nc1cccc([C@H]2CCCN2)c1. The van der Waals surface area contributed by atoms with Gasteiger partial charge in [0, 0.05) is 11.7 Å². The molecular formula is C10H16Cl2N2. The highest BCUT2D eigenvalue weighted by Crippen LogP contribution is 2.23. The van der Waals surface area contributed by atoms with Gasteiger partial charge in [-0.2, -0.15) is 0 Å². The molecule has 1 heterocycles. The quantitative estimate of drug-likeness (QED) is 0.734. The predicted molar refractivity (Wildman–Crippen MR) is 65.3 cm³/mol. The first kappa shape index (κ1) is 13.6. The summed E-state index contributed by atoms with van der Waals surface area (Å²) in [6.07, 6.45) is 2.52. The van der Waals surface area contributed by atoms with Gasteiger partial charge in [-0.1, -0.05) is 12.1 Å². The van der Waals surface area contributed by atoms with Crippen LogP contribution < -0.4 is 11.1 Å². The highest BCUT2D eigenvalue weighted by molar-refractivity contribution is 5.85. The van der Waals surface area contributed by atoms with Gasteiger partial charge < -0.3 is 11.1 Å². The number of nitrogen functional groups attached to an aromatic ring is 1. The van der Waals surface area contributed by atoms with E-state index in [0.717, 1.165) is 12.2 Å². The van der Waals surface area contributed by atoms with Gasteiger partial charge in [0.05, 0.1) is 0 Å². The van der Waals surface area contributed by atoms with Crippen molar-refractivity contribution in [2.45, 2.75) is 18.9 Å². The van der Waals surface area contributed by atoms with Crippen LogP contribution in [0.15, 0.2) is 24.3 Å². The van der Waals surface area contributed by atoms with Crippen LogP contribution in [0.3, 0.4) is 0 Å². The highest BCUT2D eigenvalue weighted by atomic mass is 35.5. The van der Waals surface area contributed by atoms with Crippen molar-refractivity contribution in [3.05, 3.63) is 29.8 Å². The molecule has 1 aliphatic rings. The summed E-state index contributed by atoms with van der Waals surface area (Å²) in [6.45, 7) is 1.14. The summed E-state index contributed by atoms with van der Waals surface area (Å²) in [4.78, 5) is 0. The topological polar surface area (TPSA) is 38.0 Å². The van der Waals surface area contributed by atoms with E-state index in [4.69, 9.17) is 5.73 Å². The van der Waals surface area contributed by atoms with E-state index >= 15 is 0 Å². The van der Waals surface area contributed by atoms with Crippen LogP contribution in [0.25, 0.3) is 0 Å². The molecular weight excluding hydrogens is 219 g/mol. The van der Waals surface area contributed by atoms with Gasteiger partial charge in [0.15, 0.2) is 0 Å². The Morgan fingerprint density at radius 2 is 2.07 bits per heavy atom. The Morgan fingerprint density at radius 3 is 2.64 bits per heavy atom. The van der Waals surface area contributed by atoms with Crippen LogP contribution in [-0.4, -0.2) is 6.54 Å². The second-order valence-electron chi connectivity index (χ2n) is 3.32. The summed E-state index contributed by atoms with van der Waals surface area (Å²) in [7, 11) is 0. The van der Waals surface area contributed by atoms with E-state index in [2.05, 4.69) is 17.4 Å². The molecule has 0 aromatic heterocycles. The number of nitrogens with two attached hydrogens (primary N) is 1. The van der Waals surface area contributed by atoms with Crippen LogP contribution in [0, 0.1) is 0 Å². The Labute approximate surface area is 97.1 Å². The smallest absolute Gasteiger partial charge is 0.0321 e. The highest BCUT2D eigenvalue weighted by Gasteiger charge is 2.15. The Kier molecular flexibility index (Phi) is 5.93. The molecule has 1 aromatic carbocycles. The molecule has 0 unspecified atom stereocenters. The van der Waals surface area contributed by atoms with E-state index in [0.29, 0.717) is 6.04 Å². The van der Waals surface area contributed by atoms with Crippen LogP contribution in [0.1, 0.15) is 24.4 Å². The van der Waals surface area contributed by atoms with E-state index in [-0.39, 0.29) is 24.8 Å². The van der Waals surface area contributed by atoms with Crippen molar-refractivity contribution in [1.29, 1.82) is 0 Å². The first-order valence-corrected chi connectivity index (χ1v) is 4.45. The van der Waals surface area contributed by atoms with Gasteiger partial charge in [0.25, 0.3) is 0 Å². The number of halogens is 2. The van der Waals surface area contributed by atoms with Crippen molar-refractivity contribution in [2.24, 2.45) is 0 Å². The molecule has 1 saturated heterocycles. The second-order valence-corrected chi connectivity index (χ2v) is 3.32. The van der Waals surface area contributed by atoms with Gasteiger partial charge in [-0.05, 0) is 37.1 Å². The van der Waals surface area contributed by atoms with Crippen molar-refractivity contribution in [3.8, 4) is 0 Å². The fourth-order valence-corrected chi connectivity index (χ4v) is 1.74. The third kappa shape index (κ3) is 3.05. The van der Waals surface area contributed by atoms with Gasteiger partial charge >= 0.3 is 0 Å². The summed E-state index contributed by atoms with van der Waals surface area (Å²) in [5.74, 6) is 0. The molecule has 0 spiro atoms. The minimum absolute atomic E-state index is 0. The maximum Gasteiger partial charge on any atom is 0.0321 e. The number of benzene rings is 1. The summed E-state index contributed by atoms with van der Waals surface area (Å²) >= 11 is 0. The third-order valence-electron chi connectivity index (χ3n) is 2.37. The molecule has 1 aromatic rings. The zero-order chi connectivity index (χ0) is 8.39. The summed E-state index contributed by atoms with van der Waals surface area (Å²) in [5.41, 5.74) is 7.89. The molecule has 3 N–H and O–H groups in total. The molecule has 2 nitrogen and oxygen atoms in total. The maximum absolute atomic E-state index is 5.70. The monoisotopic (exact) mass is 234 g/mol. The molecule has 0 radical (unpaired) electrons. The molecule has 1 atom stereocenters. The van der Waals surface area contributed by atoms with Crippen LogP contribution in [0.4, 0.5) is 5.69 Å². The van der Waals surface area contributed by atoms with Crippen molar-refractivity contribution in [2.75, 3.05) is 12.3 Å². The molecule has 14 heavy (non-hydrogen) atoms. The molecule has 80 valence electrons. The molecule has 4 heteroatoms. The molecule has 0 saturated carbocycles. The van der Waals surface area contributed by atoms with Crippen molar-refractivity contribution in [1.82, 2.24) is 5.32 Å². The second kappa shape index (κ2) is 6.12. The first-order chi connectivity index (χ1) is 5.86. The average molecular weight is 235 g/mol. The van der Waals surface area contributed by atoms with Crippen LogP contribution >= 0.6 is 24.8 Å². The lowest BCUT2D eigenvalue weighted by Crippen LogP contribution is -2.12. The van der Waals surface area contributed by atoms with E-state index in [1.165, 1.54) is 18.4 Å². The lowest BCUT2D eigenvalue weighted by atomic mass is 10.1. The van der Waals surface area contributed by atoms with Crippen LogP contribution in [-0.2, 0) is 0 Å². The number of hydrogen-bond donors (Lipinski definition) is 2. The number of hydrogen-bond acceptors (Lipinski definition) is 2. The Morgan fingerprint density at radius 1 is 1.29 bits per heavy atom. The molecule has 2 rings (SSSR count). The largest absolute Gasteiger partial charge is 0.399 e. The number of nitrogens with one attached hydrogen (secondary N) is 1. The van der Waals surface area contributed by atoms with E-state index in [1.54, 1.807) is 0 Å². The maximum atomic E-state index is 5.70. The number of rotatable bonds is 1. The third-order valence-corrected chi connectivity index (χ3v) is 2.37. The van der Waals surface area contributed by atoms with Gasteiger partial charge in [-0.25, -0.2) is 0 Å². The molecule has 0 bridgehead atoms. The Bertz CT molecular complexity index is 273. The fourth-order valence-electron chi connectivity index (χ4n) is 1.74. The zero-order valence-electron chi connectivity index (χ0n) is 7.90. The summed E-state index contributed by atoms with van der Waals surface area (Å²) < 4.78 is 0. The van der Waals surface area contributed by atoms with E-state index < -0.39 is 0 Å². The van der Waals surface area contributed by atoms with E-state index in [9.17, 15) is 0 Å². The standard InChI is InChI=1S/C10H14N2.2ClH/c11-9-4-1-3-8(7-9)10-5-2-6-12-10;;/h1,3-4,7,10,12H,2,5-6,11H2;2*1H/t10-;;/m1../s1. The number of anilines is 1. The summed E-state index contributed by atoms with van der Waals surface area (Å²) in [5, 5.41) is 3.44. The van der Waals surface area contributed by atoms with Gasteiger partial charge in [-0.15, -0.1) is 24.8 Å².